The Labute approximate surface area is 133 Å². The second-order valence-corrected chi connectivity index (χ2v) is 5.14. The Kier molecular flexibility index (Phi) is 4.23. The third-order valence-electron chi connectivity index (χ3n) is 3.68. The van der Waals surface area contributed by atoms with Crippen LogP contribution in [0.4, 0.5) is 0 Å². The molecule has 2 heterocycles. The molecule has 1 N–H and O–H groups in total. The molecule has 3 rings (SSSR count). The van der Waals surface area contributed by atoms with Crippen LogP contribution in [0, 0.1) is 0 Å². The molecule has 1 unspecified atom stereocenters. The molecule has 0 fully saturated rings. The number of carbonyl (C=O) groups is 2. The van der Waals surface area contributed by atoms with Crippen molar-refractivity contribution in [1.82, 2.24) is 10.3 Å². The molecule has 0 spiro atoms. The van der Waals surface area contributed by atoms with Crippen LogP contribution < -0.4 is 10.1 Å². The van der Waals surface area contributed by atoms with E-state index in [0.29, 0.717) is 17.9 Å². The molecule has 1 atom stereocenters. The summed E-state index contributed by atoms with van der Waals surface area (Å²) in [6.45, 7) is 0.255. The Hall–Kier alpha value is -2.89. The lowest BCUT2D eigenvalue weighted by molar-refractivity contribution is -0.130. The van der Waals surface area contributed by atoms with Crippen LogP contribution >= 0.6 is 0 Å². The molecular formula is C17H16N2O4. The number of cyclic esters (lactones) is 1. The highest BCUT2D eigenvalue weighted by atomic mass is 16.5. The van der Waals surface area contributed by atoms with Crippen molar-refractivity contribution >= 4 is 11.9 Å². The molecule has 0 aliphatic carbocycles. The van der Waals surface area contributed by atoms with Gasteiger partial charge in [-0.1, -0.05) is 24.3 Å². The van der Waals surface area contributed by atoms with Crippen LogP contribution in [0.15, 0.2) is 42.6 Å². The largest absolute Gasteiger partial charge is 0.481 e. The predicted molar refractivity (Wildman–Crippen MR) is 82.0 cm³/mol. The first kappa shape index (κ1) is 15.0. The number of nitrogens with one attached hydrogen (secondary N) is 1. The number of pyridine rings is 1. The maximum atomic E-state index is 12.3. The van der Waals surface area contributed by atoms with Gasteiger partial charge in [0.2, 0.25) is 5.88 Å². The zero-order valence-electron chi connectivity index (χ0n) is 12.6. The molecule has 1 amide bonds. The van der Waals surface area contributed by atoms with Crippen molar-refractivity contribution in [2.24, 2.45) is 0 Å². The lowest BCUT2D eigenvalue weighted by Gasteiger charge is -2.23. The quantitative estimate of drug-likeness (QED) is 0.866. The molecule has 0 bridgehead atoms. The van der Waals surface area contributed by atoms with Gasteiger partial charge in [0.05, 0.1) is 12.7 Å². The van der Waals surface area contributed by atoms with Gasteiger partial charge in [-0.15, -0.1) is 0 Å². The van der Waals surface area contributed by atoms with Gasteiger partial charge < -0.3 is 14.8 Å². The molecule has 6 heteroatoms. The molecule has 0 radical (unpaired) electrons. The van der Waals surface area contributed by atoms with Gasteiger partial charge in [0.1, 0.15) is 0 Å². The molecule has 1 aliphatic heterocycles. The summed E-state index contributed by atoms with van der Waals surface area (Å²) in [5.74, 6) is -0.344. The van der Waals surface area contributed by atoms with Crippen molar-refractivity contribution in [3.63, 3.8) is 0 Å². The van der Waals surface area contributed by atoms with Crippen LogP contribution in [0.25, 0.3) is 0 Å². The van der Waals surface area contributed by atoms with Crippen molar-refractivity contribution in [1.29, 1.82) is 0 Å². The Morgan fingerprint density at radius 2 is 2.17 bits per heavy atom. The maximum absolute atomic E-state index is 12.3. The van der Waals surface area contributed by atoms with Gasteiger partial charge >= 0.3 is 5.97 Å². The van der Waals surface area contributed by atoms with Gasteiger partial charge in [-0.3, -0.25) is 4.79 Å². The van der Waals surface area contributed by atoms with Crippen LogP contribution in [0.2, 0.25) is 0 Å². The van der Waals surface area contributed by atoms with Crippen LogP contribution in [0.5, 0.6) is 5.88 Å². The summed E-state index contributed by atoms with van der Waals surface area (Å²) in [5, 5.41) is 2.76. The van der Waals surface area contributed by atoms with Crippen molar-refractivity contribution in [2.45, 2.75) is 19.1 Å². The lowest BCUT2D eigenvalue weighted by Crippen LogP contribution is -2.41. The first-order valence-electron chi connectivity index (χ1n) is 7.23. The minimum absolute atomic E-state index is 0.255. The highest BCUT2D eigenvalue weighted by Gasteiger charge is 2.30. The van der Waals surface area contributed by atoms with E-state index in [4.69, 9.17) is 9.47 Å². The third-order valence-corrected chi connectivity index (χ3v) is 3.68. The number of fused-ring (bicyclic) bond motifs is 1. The van der Waals surface area contributed by atoms with Gasteiger partial charge in [0, 0.05) is 24.7 Å². The second kappa shape index (κ2) is 6.48. The number of amides is 1. The van der Waals surface area contributed by atoms with E-state index in [-0.39, 0.29) is 12.5 Å². The summed E-state index contributed by atoms with van der Waals surface area (Å²) >= 11 is 0. The van der Waals surface area contributed by atoms with Crippen molar-refractivity contribution < 1.29 is 19.1 Å². The SMILES string of the molecule is COc1ncccc1CNC(=O)C1Cc2ccccc2C(=O)O1. The van der Waals surface area contributed by atoms with Gasteiger partial charge in [-0.25, -0.2) is 9.78 Å². The monoisotopic (exact) mass is 312 g/mol. The standard InChI is InChI=1S/C17H16N2O4/c1-22-16-12(6-4-8-18-16)10-19-15(20)14-9-11-5-2-3-7-13(11)17(21)23-14/h2-8,14H,9-10H2,1H3,(H,19,20). The van der Waals surface area contributed by atoms with E-state index in [1.54, 1.807) is 24.4 Å². The second-order valence-electron chi connectivity index (χ2n) is 5.14. The Bertz CT molecular complexity index is 745. The highest BCUT2D eigenvalue weighted by Crippen LogP contribution is 2.21. The first-order valence-corrected chi connectivity index (χ1v) is 7.23. The molecule has 2 aromatic rings. The Morgan fingerprint density at radius 3 is 3.00 bits per heavy atom. The zero-order chi connectivity index (χ0) is 16.2. The number of ether oxygens (including phenoxy) is 2. The average Bonchev–Trinajstić information content (AvgIpc) is 2.59. The minimum Gasteiger partial charge on any atom is -0.481 e. The van der Waals surface area contributed by atoms with Gasteiger partial charge in [-0.2, -0.15) is 0 Å². The van der Waals surface area contributed by atoms with E-state index >= 15 is 0 Å². The Morgan fingerprint density at radius 1 is 1.35 bits per heavy atom. The van der Waals surface area contributed by atoms with E-state index in [0.717, 1.165) is 11.1 Å². The molecular weight excluding hydrogens is 296 g/mol. The number of esters is 1. The number of benzene rings is 1. The molecule has 1 aromatic heterocycles. The van der Waals surface area contributed by atoms with Crippen molar-refractivity contribution in [2.75, 3.05) is 7.11 Å². The number of aromatic nitrogens is 1. The molecule has 23 heavy (non-hydrogen) atoms. The number of hydrogen-bond acceptors (Lipinski definition) is 5. The topological polar surface area (TPSA) is 77.5 Å². The van der Waals surface area contributed by atoms with Crippen LogP contribution in [0.1, 0.15) is 21.5 Å². The number of methoxy groups -OCH3 is 1. The van der Waals surface area contributed by atoms with Crippen LogP contribution in [-0.4, -0.2) is 30.1 Å². The fourth-order valence-electron chi connectivity index (χ4n) is 2.52. The molecule has 6 nitrogen and oxygen atoms in total. The fourth-order valence-corrected chi connectivity index (χ4v) is 2.52. The lowest BCUT2D eigenvalue weighted by atomic mass is 9.98. The zero-order valence-corrected chi connectivity index (χ0v) is 12.6. The molecule has 0 saturated heterocycles. The number of rotatable bonds is 4. The Balaban J connectivity index is 1.67. The summed E-state index contributed by atoms with van der Waals surface area (Å²) in [5.41, 5.74) is 2.10. The van der Waals surface area contributed by atoms with E-state index in [2.05, 4.69) is 10.3 Å². The molecule has 1 aromatic carbocycles. The third kappa shape index (κ3) is 3.15. The normalized spacial score (nSPS) is 16.2. The van der Waals surface area contributed by atoms with Crippen LogP contribution in [0.3, 0.4) is 0 Å². The molecule has 0 saturated carbocycles. The van der Waals surface area contributed by atoms with Crippen molar-refractivity contribution in [3.8, 4) is 5.88 Å². The average molecular weight is 312 g/mol. The number of nitrogens with zero attached hydrogens (tertiary/aromatic N) is 1. The van der Waals surface area contributed by atoms with E-state index in [1.165, 1.54) is 7.11 Å². The first-order chi connectivity index (χ1) is 11.2. The summed E-state index contributed by atoms with van der Waals surface area (Å²) in [6.07, 6.45) is 1.17. The number of hydrogen-bond donors (Lipinski definition) is 1. The summed E-state index contributed by atoms with van der Waals surface area (Å²) in [6, 6.07) is 10.7. The van der Waals surface area contributed by atoms with E-state index in [9.17, 15) is 9.59 Å². The minimum atomic E-state index is -0.819. The summed E-state index contributed by atoms with van der Waals surface area (Å²) in [4.78, 5) is 28.3. The van der Waals surface area contributed by atoms with Gasteiger partial charge in [0.25, 0.3) is 5.91 Å². The van der Waals surface area contributed by atoms with E-state index in [1.807, 2.05) is 18.2 Å². The highest BCUT2D eigenvalue weighted by molar-refractivity contribution is 5.95. The summed E-state index contributed by atoms with van der Waals surface area (Å²) < 4.78 is 10.4. The maximum Gasteiger partial charge on any atom is 0.339 e. The molecule has 1 aliphatic rings. The van der Waals surface area contributed by atoms with E-state index < -0.39 is 12.1 Å². The number of carbonyl (C=O) groups excluding carboxylic acids is 2. The predicted octanol–water partition coefficient (Wildman–Crippen LogP) is 1.49. The summed E-state index contributed by atoms with van der Waals surface area (Å²) in [7, 11) is 1.52. The smallest absolute Gasteiger partial charge is 0.339 e. The van der Waals surface area contributed by atoms with Gasteiger partial charge in [0.15, 0.2) is 6.10 Å². The molecule has 118 valence electrons. The fraction of sp³-hybridized carbons (Fsp3) is 0.235. The van der Waals surface area contributed by atoms with Gasteiger partial charge in [-0.05, 0) is 17.7 Å². The van der Waals surface area contributed by atoms with Crippen LogP contribution in [-0.2, 0) is 22.5 Å². The van der Waals surface area contributed by atoms with Crippen molar-refractivity contribution in [3.05, 3.63) is 59.3 Å².